The number of carbonyl (C=O) groups is 1. The van der Waals surface area contributed by atoms with Crippen LogP contribution >= 0.6 is 0 Å². The first-order valence-corrected chi connectivity index (χ1v) is 6.22. The minimum atomic E-state index is -0.377. The van der Waals surface area contributed by atoms with E-state index in [0.29, 0.717) is 17.2 Å². The Morgan fingerprint density at radius 2 is 2.05 bits per heavy atom. The van der Waals surface area contributed by atoms with Gasteiger partial charge in [-0.05, 0) is 31.0 Å². The first-order valence-electron chi connectivity index (χ1n) is 6.22. The Labute approximate surface area is 110 Å². The number of hydrogen-bond donors (Lipinski definition) is 1. The summed E-state index contributed by atoms with van der Waals surface area (Å²) in [4.78, 5) is 11.6. The van der Waals surface area contributed by atoms with Gasteiger partial charge in [-0.2, -0.15) is 0 Å². The van der Waals surface area contributed by atoms with Crippen molar-refractivity contribution in [1.29, 1.82) is 0 Å². The van der Waals surface area contributed by atoms with Crippen LogP contribution in [0, 0.1) is 0 Å². The lowest BCUT2D eigenvalue weighted by molar-refractivity contribution is 0.0600. The Morgan fingerprint density at radius 1 is 1.32 bits per heavy atom. The fraction of sp³-hybridized carbons (Fsp3) is 0.357. The zero-order valence-electron chi connectivity index (χ0n) is 11.0. The number of aromatic nitrogens is 1. The zero-order valence-corrected chi connectivity index (χ0v) is 11.0. The molecular weight excluding hydrogens is 244 g/mol. The van der Waals surface area contributed by atoms with Crippen LogP contribution in [-0.2, 0) is 4.74 Å². The fourth-order valence-corrected chi connectivity index (χ4v) is 2.44. The summed E-state index contributed by atoms with van der Waals surface area (Å²) in [5.41, 5.74) is 2.38. The molecule has 19 heavy (non-hydrogen) atoms. The van der Waals surface area contributed by atoms with E-state index in [1.165, 1.54) is 20.0 Å². The Hall–Kier alpha value is -2.17. The van der Waals surface area contributed by atoms with E-state index in [2.05, 4.69) is 0 Å². The second-order valence-electron chi connectivity index (χ2n) is 4.82. The molecule has 0 atom stereocenters. The summed E-state index contributed by atoms with van der Waals surface area (Å²) < 4.78 is 11.8. The van der Waals surface area contributed by atoms with Crippen molar-refractivity contribution in [3.63, 3.8) is 0 Å². The normalized spacial score (nSPS) is 14.6. The van der Waals surface area contributed by atoms with E-state index in [0.717, 1.165) is 16.6 Å². The molecule has 3 rings (SSSR count). The van der Waals surface area contributed by atoms with Crippen LogP contribution in [0.5, 0.6) is 5.75 Å². The first-order chi connectivity index (χ1) is 9.15. The van der Waals surface area contributed by atoms with E-state index in [1.54, 1.807) is 23.9 Å². The topological polar surface area (TPSA) is 66.5 Å². The smallest absolute Gasteiger partial charge is 0.338 e. The van der Waals surface area contributed by atoms with Gasteiger partial charge >= 0.3 is 5.97 Å². The number of methoxy groups -OCH3 is 2. The predicted molar refractivity (Wildman–Crippen MR) is 72.0 cm³/mol. The van der Waals surface area contributed by atoms with Gasteiger partial charge in [-0.15, -0.1) is 0 Å². The van der Waals surface area contributed by atoms with Crippen molar-refractivity contribution in [1.82, 2.24) is 4.68 Å². The lowest BCUT2D eigenvalue weighted by Crippen LogP contribution is -2.12. The zero-order chi connectivity index (χ0) is 13.6. The standard InChI is InChI=1S/C14H16N2O3/c1-18-12-7-10(14(17)19-2)5-9-6-11(8-3-4-8)16(15)13(9)12/h5-8H,3-4,15H2,1-2H3. The lowest BCUT2D eigenvalue weighted by atomic mass is 10.1. The molecule has 1 saturated carbocycles. The van der Waals surface area contributed by atoms with Gasteiger partial charge in [0.15, 0.2) is 0 Å². The molecule has 0 aliphatic heterocycles. The Kier molecular flexibility index (Phi) is 2.62. The fourth-order valence-electron chi connectivity index (χ4n) is 2.44. The number of hydrogen-bond acceptors (Lipinski definition) is 4. The van der Waals surface area contributed by atoms with E-state index >= 15 is 0 Å². The summed E-state index contributed by atoms with van der Waals surface area (Å²) in [5.74, 6) is 6.88. The summed E-state index contributed by atoms with van der Waals surface area (Å²) in [5, 5.41) is 0.907. The van der Waals surface area contributed by atoms with Gasteiger partial charge < -0.3 is 15.3 Å². The average Bonchev–Trinajstić information content (AvgIpc) is 3.22. The van der Waals surface area contributed by atoms with Crippen LogP contribution in [-0.4, -0.2) is 24.9 Å². The minimum absolute atomic E-state index is 0.377. The molecule has 0 spiro atoms. The molecule has 1 heterocycles. The summed E-state index contributed by atoms with van der Waals surface area (Å²) in [6.07, 6.45) is 2.33. The second-order valence-corrected chi connectivity index (χ2v) is 4.82. The molecule has 1 aromatic heterocycles. The highest BCUT2D eigenvalue weighted by Crippen LogP contribution is 2.43. The molecule has 0 unspecified atom stereocenters. The third-order valence-corrected chi connectivity index (χ3v) is 3.56. The molecule has 0 amide bonds. The first kappa shape index (κ1) is 11.9. The van der Waals surface area contributed by atoms with Gasteiger partial charge in [0.2, 0.25) is 0 Å². The summed E-state index contributed by atoms with van der Waals surface area (Å²) in [6.45, 7) is 0. The molecule has 0 saturated heterocycles. The molecule has 100 valence electrons. The second kappa shape index (κ2) is 4.19. The molecule has 1 aliphatic carbocycles. The van der Waals surface area contributed by atoms with Gasteiger partial charge in [0.1, 0.15) is 11.3 Å². The van der Waals surface area contributed by atoms with Crippen molar-refractivity contribution < 1.29 is 14.3 Å². The van der Waals surface area contributed by atoms with Crippen molar-refractivity contribution in [2.75, 3.05) is 20.1 Å². The van der Waals surface area contributed by atoms with Crippen molar-refractivity contribution >= 4 is 16.9 Å². The number of esters is 1. The van der Waals surface area contributed by atoms with Gasteiger partial charge in [-0.25, -0.2) is 4.79 Å². The minimum Gasteiger partial charge on any atom is -0.494 e. The van der Waals surface area contributed by atoms with Crippen LogP contribution in [0.15, 0.2) is 18.2 Å². The number of rotatable bonds is 3. The SMILES string of the molecule is COC(=O)c1cc(OC)c2c(c1)cc(C1CC1)n2N. The third kappa shape index (κ3) is 1.82. The molecule has 2 N–H and O–H groups in total. The van der Waals surface area contributed by atoms with Gasteiger partial charge in [0, 0.05) is 17.0 Å². The number of fused-ring (bicyclic) bond motifs is 1. The van der Waals surface area contributed by atoms with Crippen LogP contribution in [0.2, 0.25) is 0 Å². The molecule has 2 aromatic rings. The number of carbonyl (C=O) groups excluding carboxylic acids is 1. The van der Waals surface area contributed by atoms with E-state index < -0.39 is 0 Å². The Balaban J connectivity index is 2.23. The number of nitrogens with two attached hydrogens (primary N) is 1. The maximum atomic E-state index is 11.6. The highest BCUT2D eigenvalue weighted by molar-refractivity contribution is 5.98. The number of benzene rings is 1. The van der Waals surface area contributed by atoms with Crippen molar-refractivity contribution in [2.45, 2.75) is 18.8 Å². The van der Waals surface area contributed by atoms with Gasteiger partial charge in [0.25, 0.3) is 0 Å². The molecule has 5 nitrogen and oxygen atoms in total. The summed E-state index contributed by atoms with van der Waals surface area (Å²) >= 11 is 0. The van der Waals surface area contributed by atoms with Gasteiger partial charge in [0.05, 0.1) is 19.8 Å². The van der Waals surface area contributed by atoms with Gasteiger partial charge in [-0.1, -0.05) is 0 Å². The molecule has 5 heteroatoms. The molecule has 1 fully saturated rings. The van der Waals surface area contributed by atoms with Crippen molar-refractivity contribution in [3.8, 4) is 5.75 Å². The largest absolute Gasteiger partial charge is 0.494 e. The quantitative estimate of drug-likeness (QED) is 0.677. The number of nitrogens with zero attached hydrogens (tertiary/aromatic N) is 1. The highest BCUT2D eigenvalue weighted by Gasteiger charge is 2.28. The molecule has 0 radical (unpaired) electrons. The maximum absolute atomic E-state index is 11.6. The van der Waals surface area contributed by atoms with Crippen molar-refractivity contribution in [3.05, 3.63) is 29.5 Å². The van der Waals surface area contributed by atoms with Crippen LogP contribution in [0.25, 0.3) is 10.9 Å². The Morgan fingerprint density at radius 3 is 2.63 bits per heavy atom. The van der Waals surface area contributed by atoms with Crippen LogP contribution in [0.1, 0.15) is 34.8 Å². The monoisotopic (exact) mass is 260 g/mol. The van der Waals surface area contributed by atoms with E-state index in [1.807, 2.05) is 6.07 Å². The Bertz CT molecular complexity index is 656. The predicted octanol–water partition coefficient (Wildman–Crippen LogP) is 2.03. The van der Waals surface area contributed by atoms with E-state index in [4.69, 9.17) is 15.3 Å². The van der Waals surface area contributed by atoms with Crippen LogP contribution in [0.4, 0.5) is 0 Å². The molecule has 0 bridgehead atoms. The highest BCUT2D eigenvalue weighted by atomic mass is 16.5. The number of ether oxygens (including phenoxy) is 2. The number of nitrogen functional groups attached to an aromatic ring is 1. The van der Waals surface area contributed by atoms with Gasteiger partial charge in [-0.3, -0.25) is 4.68 Å². The van der Waals surface area contributed by atoms with E-state index in [9.17, 15) is 4.79 Å². The summed E-state index contributed by atoms with van der Waals surface area (Å²) in [7, 11) is 2.93. The van der Waals surface area contributed by atoms with Crippen LogP contribution < -0.4 is 10.6 Å². The molecule has 1 aliphatic rings. The summed E-state index contributed by atoms with van der Waals surface area (Å²) in [6, 6.07) is 5.48. The van der Waals surface area contributed by atoms with Crippen LogP contribution in [0.3, 0.4) is 0 Å². The third-order valence-electron chi connectivity index (χ3n) is 3.56. The molecule has 1 aromatic carbocycles. The van der Waals surface area contributed by atoms with Crippen molar-refractivity contribution in [2.24, 2.45) is 0 Å². The molecular formula is C14H16N2O3. The average molecular weight is 260 g/mol. The van der Waals surface area contributed by atoms with E-state index in [-0.39, 0.29) is 5.97 Å². The lowest BCUT2D eigenvalue weighted by Gasteiger charge is -2.08. The maximum Gasteiger partial charge on any atom is 0.338 e.